The van der Waals surface area contributed by atoms with Crippen LogP contribution in [0.4, 0.5) is 0 Å². The van der Waals surface area contributed by atoms with Gasteiger partial charge in [-0.3, -0.25) is 4.79 Å². The lowest BCUT2D eigenvalue weighted by Gasteiger charge is -2.25. The second-order valence-electron chi connectivity index (χ2n) is 4.40. The average molecular weight is 315 g/mol. The molecule has 1 amide bonds. The molecule has 3 N–H and O–H groups in total. The van der Waals surface area contributed by atoms with E-state index in [1.54, 1.807) is 19.9 Å². The van der Waals surface area contributed by atoms with E-state index >= 15 is 0 Å². The summed E-state index contributed by atoms with van der Waals surface area (Å²) in [5.41, 5.74) is 6.40. The first-order valence-corrected chi connectivity index (χ1v) is 6.33. The van der Waals surface area contributed by atoms with Gasteiger partial charge in [-0.1, -0.05) is 34.2 Å². The van der Waals surface area contributed by atoms with Crippen LogP contribution >= 0.6 is 28.1 Å². The highest BCUT2D eigenvalue weighted by molar-refractivity contribution is 9.10. The standard InChI is InChI=1S/C12H15BrN2OS/c1-7-4-5-8(13)6-9(7)10(16)15-12(2,3)11(14)17/h4-6H,1-3H3,(H2,14,17)(H,15,16). The lowest BCUT2D eigenvalue weighted by atomic mass is 10.0. The zero-order valence-electron chi connectivity index (χ0n) is 10.0. The topological polar surface area (TPSA) is 55.1 Å². The van der Waals surface area contributed by atoms with Gasteiger partial charge >= 0.3 is 0 Å². The minimum absolute atomic E-state index is 0.179. The Balaban J connectivity index is 2.98. The Kier molecular flexibility index (Phi) is 4.27. The number of aryl methyl sites for hydroxylation is 1. The van der Waals surface area contributed by atoms with Gasteiger partial charge in [-0.2, -0.15) is 0 Å². The second-order valence-corrected chi connectivity index (χ2v) is 5.76. The largest absolute Gasteiger partial charge is 0.391 e. The molecular formula is C12H15BrN2OS. The van der Waals surface area contributed by atoms with Gasteiger partial charge in [-0.05, 0) is 38.5 Å². The normalized spacial score (nSPS) is 11.1. The summed E-state index contributed by atoms with van der Waals surface area (Å²) in [6, 6.07) is 5.55. The van der Waals surface area contributed by atoms with Crippen LogP contribution in [0.25, 0.3) is 0 Å². The fraction of sp³-hybridized carbons (Fsp3) is 0.333. The van der Waals surface area contributed by atoms with E-state index in [0.29, 0.717) is 5.56 Å². The van der Waals surface area contributed by atoms with Gasteiger partial charge in [-0.25, -0.2) is 0 Å². The number of benzene rings is 1. The predicted molar refractivity (Wildman–Crippen MR) is 77.2 cm³/mol. The minimum Gasteiger partial charge on any atom is -0.391 e. The van der Waals surface area contributed by atoms with Crippen molar-refractivity contribution in [2.45, 2.75) is 26.3 Å². The molecule has 0 unspecified atom stereocenters. The van der Waals surface area contributed by atoms with Gasteiger partial charge in [0.2, 0.25) is 0 Å². The maximum absolute atomic E-state index is 12.1. The highest BCUT2D eigenvalue weighted by Crippen LogP contribution is 2.17. The monoisotopic (exact) mass is 314 g/mol. The van der Waals surface area contributed by atoms with Crippen molar-refractivity contribution in [2.75, 3.05) is 0 Å². The molecule has 0 saturated carbocycles. The molecule has 1 rings (SSSR count). The highest BCUT2D eigenvalue weighted by atomic mass is 79.9. The van der Waals surface area contributed by atoms with E-state index in [-0.39, 0.29) is 10.9 Å². The molecule has 17 heavy (non-hydrogen) atoms. The third-order valence-electron chi connectivity index (χ3n) is 2.49. The van der Waals surface area contributed by atoms with E-state index in [1.807, 2.05) is 19.1 Å². The molecule has 0 aliphatic carbocycles. The van der Waals surface area contributed by atoms with Gasteiger partial charge in [0, 0.05) is 10.0 Å². The molecule has 0 atom stereocenters. The summed E-state index contributed by atoms with van der Waals surface area (Å²) in [4.78, 5) is 12.4. The van der Waals surface area contributed by atoms with Crippen molar-refractivity contribution >= 4 is 39.0 Å². The van der Waals surface area contributed by atoms with Crippen molar-refractivity contribution in [1.29, 1.82) is 0 Å². The molecule has 0 fully saturated rings. The fourth-order valence-electron chi connectivity index (χ4n) is 1.25. The molecule has 0 aromatic heterocycles. The highest BCUT2D eigenvalue weighted by Gasteiger charge is 2.24. The lowest BCUT2D eigenvalue weighted by Crippen LogP contribution is -2.52. The molecule has 92 valence electrons. The summed E-state index contributed by atoms with van der Waals surface area (Å²) in [5, 5.41) is 2.81. The summed E-state index contributed by atoms with van der Waals surface area (Å²) in [7, 11) is 0. The zero-order valence-corrected chi connectivity index (χ0v) is 12.4. The number of hydrogen-bond donors (Lipinski definition) is 2. The summed E-state index contributed by atoms with van der Waals surface area (Å²) in [6.45, 7) is 5.44. The van der Waals surface area contributed by atoms with Gasteiger partial charge in [0.25, 0.3) is 5.91 Å². The molecular weight excluding hydrogens is 300 g/mol. The zero-order chi connectivity index (χ0) is 13.2. The number of carbonyl (C=O) groups excluding carboxylic acids is 1. The van der Waals surface area contributed by atoms with Crippen molar-refractivity contribution in [3.05, 3.63) is 33.8 Å². The summed E-state index contributed by atoms with van der Waals surface area (Å²) < 4.78 is 0.862. The van der Waals surface area contributed by atoms with Crippen LogP contribution < -0.4 is 11.1 Å². The molecule has 0 radical (unpaired) electrons. The molecule has 0 spiro atoms. The molecule has 5 heteroatoms. The molecule has 0 aliphatic rings. The van der Waals surface area contributed by atoms with Gasteiger partial charge in [0.1, 0.15) is 0 Å². The number of nitrogens with one attached hydrogen (secondary N) is 1. The number of thiocarbonyl (C=S) groups is 1. The quantitative estimate of drug-likeness (QED) is 0.843. The van der Waals surface area contributed by atoms with Crippen LogP contribution in [0.3, 0.4) is 0 Å². The SMILES string of the molecule is Cc1ccc(Br)cc1C(=O)NC(C)(C)C(N)=S. The Morgan fingerprint density at radius 1 is 1.47 bits per heavy atom. The smallest absolute Gasteiger partial charge is 0.252 e. The van der Waals surface area contributed by atoms with Crippen LogP contribution in [0.1, 0.15) is 29.8 Å². The third-order valence-corrected chi connectivity index (χ3v) is 3.49. The maximum Gasteiger partial charge on any atom is 0.252 e. The Labute approximate surface area is 115 Å². The van der Waals surface area contributed by atoms with Crippen LogP contribution in [0.5, 0.6) is 0 Å². The molecule has 0 heterocycles. The van der Waals surface area contributed by atoms with Crippen LogP contribution in [0, 0.1) is 6.92 Å². The number of halogens is 1. The first-order chi connectivity index (χ1) is 7.74. The van der Waals surface area contributed by atoms with Crippen LogP contribution in [0.2, 0.25) is 0 Å². The number of carbonyl (C=O) groups is 1. The Bertz CT molecular complexity index is 472. The Morgan fingerprint density at radius 2 is 2.06 bits per heavy atom. The van der Waals surface area contributed by atoms with Crippen LogP contribution in [-0.4, -0.2) is 16.4 Å². The Morgan fingerprint density at radius 3 is 2.59 bits per heavy atom. The van der Waals surface area contributed by atoms with E-state index in [9.17, 15) is 4.79 Å². The fourth-order valence-corrected chi connectivity index (χ4v) is 1.66. The number of amides is 1. The summed E-state index contributed by atoms with van der Waals surface area (Å²) >= 11 is 8.26. The van der Waals surface area contributed by atoms with E-state index in [0.717, 1.165) is 10.0 Å². The molecule has 0 saturated heterocycles. The number of rotatable bonds is 3. The molecule has 0 aliphatic heterocycles. The first kappa shape index (κ1) is 14.1. The van der Waals surface area contributed by atoms with Gasteiger partial charge < -0.3 is 11.1 Å². The van der Waals surface area contributed by atoms with Gasteiger partial charge in [0.05, 0.1) is 10.5 Å². The molecule has 1 aromatic rings. The number of hydrogen-bond acceptors (Lipinski definition) is 2. The van der Waals surface area contributed by atoms with E-state index in [4.69, 9.17) is 18.0 Å². The lowest BCUT2D eigenvalue weighted by molar-refractivity contribution is 0.0931. The second kappa shape index (κ2) is 5.14. The van der Waals surface area contributed by atoms with Crippen molar-refractivity contribution in [3.8, 4) is 0 Å². The van der Waals surface area contributed by atoms with Gasteiger partial charge in [0.15, 0.2) is 0 Å². The van der Waals surface area contributed by atoms with Gasteiger partial charge in [-0.15, -0.1) is 0 Å². The summed E-state index contributed by atoms with van der Waals surface area (Å²) in [6.07, 6.45) is 0. The molecule has 3 nitrogen and oxygen atoms in total. The van der Waals surface area contributed by atoms with Crippen molar-refractivity contribution in [2.24, 2.45) is 5.73 Å². The average Bonchev–Trinajstić information content (AvgIpc) is 2.20. The van der Waals surface area contributed by atoms with Crippen molar-refractivity contribution < 1.29 is 4.79 Å². The number of nitrogens with two attached hydrogens (primary N) is 1. The minimum atomic E-state index is -0.693. The molecule has 1 aromatic carbocycles. The van der Waals surface area contributed by atoms with Crippen molar-refractivity contribution in [1.82, 2.24) is 5.32 Å². The van der Waals surface area contributed by atoms with Crippen molar-refractivity contribution in [3.63, 3.8) is 0 Å². The Hall–Kier alpha value is -0.940. The summed E-state index contributed by atoms with van der Waals surface area (Å²) in [5.74, 6) is -0.179. The van der Waals surface area contributed by atoms with Crippen LogP contribution in [-0.2, 0) is 0 Å². The predicted octanol–water partition coefficient (Wildman–Crippen LogP) is 2.55. The van der Waals surface area contributed by atoms with Crippen LogP contribution in [0.15, 0.2) is 22.7 Å². The molecule has 0 bridgehead atoms. The van der Waals surface area contributed by atoms with E-state index < -0.39 is 5.54 Å². The maximum atomic E-state index is 12.1. The van der Waals surface area contributed by atoms with E-state index in [2.05, 4.69) is 21.2 Å². The first-order valence-electron chi connectivity index (χ1n) is 5.12. The third kappa shape index (κ3) is 3.51. The van der Waals surface area contributed by atoms with E-state index in [1.165, 1.54) is 0 Å².